The van der Waals surface area contributed by atoms with E-state index in [4.69, 9.17) is 4.74 Å². The number of rotatable bonds is 5. The van der Waals surface area contributed by atoms with Gasteiger partial charge in [-0.25, -0.2) is 0 Å². The van der Waals surface area contributed by atoms with Crippen LogP contribution in [0.5, 0.6) is 5.75 Å². The molecule has 0 spiro atoms. The predicted octanol–water partition coefficient (Wildman–Crippen LogP) is 7.62. The fourth-order valence-corrected chi connectivity index (χ4v) is 3.48. The van der Waals surface area contributed by atoms with E-state index in [0.29, 0.717) is 12.2 Å². The van der Waals surface area contributed by atoms with Crippen molar-refractivity contribution in [2.24, 2.45) is 0 Å². The van der Waals surface area contributed by atoms with Crippen LogP contribution in [-0.4, -0.2) is 0 Å². The van der Waals surface area contributed by atoms with E-state index < -0.39 is 0 Å². The van der Waals surface area contributed by atoms with E-state index in [2.05, 4.69) is 53.9 Å². The molecule has 3 aromatic rings. The van der Waals surface area contributed by atoms with E-state index in [1.807, 2.05) is 72.8 Å². The highest BCUT2D eigenvalue weighted by Gasteiger charge is 2.05. The molecule has 5 heteroatoms. The molecule has 3 aromatic carbocycles. The molecule has 0 heterocycles. The van der Waals surface area contributed by atoms with Gasteiger partial charge in [0.15, 0.2) is 0 Å². The second-order valence-electron chi connectivity index (χ2n) is 5.78. The van der Waals surface area contributed by atoms with Crippen LogP contribution < -0.4 is 4.74 Å². The average molecular weight is 548 g/mol. The Bertz CT molecular complexity index is 1000. The molecular weight excluding hydrogens is 534 g/mol. The van der Waals surface area contributed by atoms with Crippen molar-refractivity contribution in [1.29, 1.82) is 5.26 Å². The number of nitriles is 1. The van der Waals surface area contributed by atoms with Gasteiger partial charge in [0, 0.05) is 8.95 Å². The zero-order valence-electron chi connectivity index (χ0n) is 14.1. The third-order valence-electron chi connectivity index (χ3n) is 3.85. The molecular formula is C22H14Br3NO. The van der Waals surface area contributed by atoms with Gasteiger partial charge in [-0.05, 0) is 75.1 Å². The molecule has 0 aliphatic carbocycles. The van der Waals surface area contributed by atoms with Crippen LogP contribution in [0.1, 0.15) is 16.7 Å². The number of ether oxygens (including phenoxy) is 1. The van der Waals surface area contributed by atoms with E-state index >= 15 is 0 Å². The highest BCUT2D eigenvalue weighted by molar-refractivity contribution is 9.11. The van der Waals surface area contributed by atoms with E-state index in [1.54, 1.807) is 0 Å². The fourth-order valence-electron chi connectivity index (χ4n) is 2.44. The van der Waals surface area contributed by atoms with Gasteiger partial charge in [0.1, 0.15) is 12.4 Å². The number of nitrogens with zero attached hydrogens (tertiary/aromatic N) is 1. The average Bonchev–Trinajstić information content (AvgIpc) is 2.67. The Kier molecular flexibility index (Phi) is 6.89. The lowest BCUT2D eigenvalue weighted by Crippen LogP contribution is -1.96. The van der Waals surface area contributed by atoms with Gasteiger partial charge >= 0.3 is 0 Å². The summed E-state index contributed by atoms with van der Waals surface area (Å²) in [6.45, 7) is 0.489. The smallest absolute Gasteiger partial charge is 0.134 e. The molecule has 0 atom stereocenters. The summed E-state index contributed by atoms with van der Waals surface area (Å²) in [5.41, 5.74) is 3.51. The first-order valence-electron chi connectivity index (χ1n) is 8.10. The molecule has 0 aliphatic heterocycles. The highest BCUT2D eigenvalue weighted by atomic mass is 79.9. The molecule has 0 saturated heterocycles. The van der Waals surface area contributed by atoms with Crippen LogP contribution >= 0.6 is 47.8 Å². The van der Waals surface area contributed by atoms with Crippen LogP contribution in [0.15, 0.2) is 80.1 Å². The Morgan fingerprint density at radius 1 is 0.889 bits per heavy atom. The van der Waals surface area contributed by atoms with E-state index in [0.717, 1.165) is 35.9 Å². The molecule has 27 heavy (non-hydrogen) atoms. The van der Waals surface area contributed by atoms with Crippen molar-refractivity contribution in [1.82, 2.24) is 0 Å². The minimum atomic E-state index is 0.489. The van der Waals surface area contributed by atoms with Crippen molar-refractivity contribution in [2.45, 2.75) is 6.61 Å². The zero-order valence-corrected chi connectivity index (χ0v) is 18.9. The van der Waals surface area contributed by atoms with Gasteiger partial charge in [-0.3, -0.25) is 0 Å². The van der Waals surface area contributed by atoms with Crippen LogP contribution in [0.4, 0.5) is 0 Å². The molecule has 0 aliphatic rings. The summed E-state index contributed by atoms with van der Waals surface area (Å²) in [6.07, 6.45) is 1.87. The molecule has 0 unspecified atom stereocenters. The Morgan fingerprint density at radius 2 is 1.52 bits per heavy atom. The van der Waals surface area contributed by atoms with Crippen LogP contribution in [0.3, 0.4) is 0 Å². The predicted molar refractivity (Wildman–Crippen MR) is 120 cm³/mol. The van der Waals surface area contributed by atoms with Gasteiger partial charge in [0.25, 0.3) is 0 Å². The Hall–Kier alpha value is -1.87. The summed E-state index contributed by atoms with van der Waals surface area (Å²) < 4.78 is 8.77. The molecule has 0 radical (unpaired) electrons. The largest absolute Gasteiger partial charge is 0.488 e. The molecule has 0 aromatic heterocycles. The Labute approximate surface area is 183 Å². The maximum absolute atomic E-state index is 9.49. The maximum Gasteiger partial charge on any atom is 0.134 e. The molecule has 0 saturated carbocycles. The molecule has 2 nitrogen and oxygen atoms in total. The summed E-state index contributed by atoms with van der Waals surface area (Å²) in [4.78, 5) is 0. The van der Waals surface area contributed by atoms with Crippen molar-refractivity contribution in [3.8, 4) is 11.8 Å². The lowest BCUT2D eigenvalue weighted by atomic mass is 10.0. The fraction of sp³-hybridized carbons (Fsp3) is 0.0455. The number of allylic oxidation sites excluding steroid dienone is 1. The van der Waals surface area contributed by atoms with Gasteiger partial charge in [-0.2, -0.15) is 5.26 Å². The van der Waals surface area contributed by atoms with Crippen molar-refractivity contribution < 1.29 is 4.74 Å². The number of hydrogen-bond donors (Lipinski definition) is 0. The van der Waals surface area contributed by atoms with Crippen LogP contribution in [0.25, 0.3) is 11.6 Å². The third-order valence-corrected chi connectivity index (χ3v) is 5.53. The topological polar surface area (TPSA) is 33.0 Å². The lowest BCUT2D eigenvalue weighted by molar-refractivity contribution is 0.304. The van der Waals surface area contributed by atoms with Crippen molar-refractivity contribution in [3.05, 3.63) is 96.8 Å². The zero-order chi connectivity index (χ0) is 19.2. The van der Waals surface area contributed by atoms with E-state index in [9.17, 15) is 5.26 Å². The van der Waals surface area contributed by atoms with Crippen LogP contribution in [-0.2, 0) is 6.61 Å². The first kappa shape index (κ1) is 19.9. The Morgan fingerprint density at radius 3 is 2.11 bits per heavy atom. The van der Waals surface area contributed by atoms with Crippen LogP contribution in [0.2, 0.25) is 0 Å². The van der Waals surface area contributed by atoms with Crippen molar-refractivity contribution in [2.75, 3.05) is 0 Å². The molecule has 0 amide bonds. The van der Waals surface area contributed by atoms with Crippen molar-refractivity contribution in [3.63, 3.8) is 0 Å². The third kappa shape index (κ3) is 5.55. The minimum absolute atomic E-state index is 0.489. The maximum atomic E-state index is 9.49. The molecule has 0 fully saturated rings. The second kappa shape index (κ2) is 9.36. The summed E-state index contributed by atoms with van der Waals surface area (Å²) in [5.74, 6) is 0.761. The number of benzene rings is 3. The van der Waals surface area contributed by atoms with E-state index in [1.165, 1.54) is 0 Å². The second-order valence-corrected chi connectivity index (χ2v) is 8.47. The quantitative estimate of drug-likeness (QED) is 0.243. The highest BCUT2D eigenvalue weighted by Crippen LogP contribution is 2.29. The summed E-state index contributed by atoms with van der Waals surface area (Å²) in [5, 5.41) is 9.49. The van der Waals surface area contributed by atoms with Gasteiger partial charge in [0.2, 0.25) is 0 Å². The molecule has 0 bridgehead atoms. The van der Waals surface area contributed by atoms with E-state index in [-0.39, 0.29) is 0 Å². The molecule has 0 N–H and O–H groups in total. The van der Waals surface area contributed by atoms with Gasteiger partial charge < -0.3 is 4.74 Å². The number of hydrogen-bond acceptors (Lipinski definition) is 2. The SMILES string of the molecule is N#C/C(=C/c1ccc(OCc2ccc(Br)cc2)c(Br)c1)c1ccc(Br)cc1. The summed E-state index contributed by atoms with van der Waals surface area (Å²) in [7, 11) is 0. The number of halogens is 3. The standard InChI is InChI=1S/C22H14Br3NO/c23-19-6-1-15(2-7-19)14-27-22-10-3-16(12-21(22)25)11-18(13-26)17-4-8-20(24)9-5-17/h1-12H,14H2/b18-11-. The van der Waals surface area contributed by atoms with Gasteiger partial charge in [0.05, 0.1) is 16.1 Å². The van der Waals surface area contributed by atoms with Gasteiger partial charge in [-0.1, -0.05) is 62.2 Å². The first-order valence-corrected chi connectivity index (χ1v) is 10.5. The first-order chi connectivity index (χ1) is 13.0. The minimum Gasteiger partial charge on any atom is -0.488 e. The molecule has 3 rings (SSSR count). The Balaban J connectivity index is 1.76. The van der Waals surface area contributed by atoms with Gasteiger partial charge in [-0.15, -0.1) is 0 Å². The van der Waals surface area contributed by atoms with Crippen LogP contribution in [0, 0.1) is 11.3 Å². The molecule has 134 valence electrons. The summed E-state index contributed by atoms with van der Waals surface area (Å²) >= 11 is 10.4. The normalized spacial score (nSPS) is 11.1. The van der Waals surface area contributed by atoms with Crippen molar-refractivity contribution >= 4 is 59.4 Å². The summed E-state index contributed by atoms with van der Waals surface area (Å²) in [6, 6.07) is 23.8. The monoisotopic (exact) mass is 545 g/mol. The lowest BCUT2D eigenvalue weighted by Gasteiger charge is -2.09.